The van der Waals surface area contributed by atoms with Gasteiger partial charge in [0.25, 0.3) is 0 Å². The third kappa shape index (κ3) is 5.89. The van der Waals surface area contributed by atoms with Crippen molar-refractivity contribution in [1.82, 2.24) is 4.90 Å². The molecule has 0 saturated heterocycles. The van der Waals surface area contributed by atoms with Gasteiger partial charge in [0.15, 0.2) is 0 Å². The number of rotatable bonds is 7. The van der Waals surface area contributed by atoms with Crippen LogP contribution < -0.4 is 0 Å². The Morgan fingerprint density at radius 2 is 1.88 bits per heavy atom. The van der Waals surface area contributed by atoms with E-state index in [4.69, 9.17) is 0 Å². The molecular weight excluding hydrogens is 198 g/mol. The second-order valence-electron chi connectivity index (χ2n) is 4.53. The normalized spacial score (nSPS) is 13.0. The van der Waals surface area contributed by atoms with E-state index in [1.165, 1.54) is 12.0 Å². The molecule has 1 rings (SSSR count). The summed E-state index contributed by atoms with van der Waals surface area (Å²) in [5.74, 6) is 0. The van der Waals surface area contributed by atoms with Gasteiger partial charge in [0.05, 0.1) is 6.10 Å². The highest BCUT2D eigenvalue weighted by molar-refractivity contribution is 5.14. The summed E-state index contributed by atoms with van der Waals surface area (Å²) < 4.78 is 0. The predicted octanol–water partition coefficient (Wildman–Crippen LogP) is 2.32. The lowest BCUT2D eigenvalue weighted by Crippen LogP contribution is -2.23. The number of nitrogens with zero attached hydrogens (tertiary/aromatic N) is 1. The molecule has 1 aromatic rings. The molecule has 1 N–H and O–H groups in total. The van der Waals surface area contributed by atoms with E-state index >= 15 is 0 Å². The van der Waals surface area contributed by atoms with Gasteiger partial charge in [-0.25, -0.2) is 0 Å². The van der Waals surface area contributed by atoms with Gasteiger partial charge in [-0.2, -0.15) is 0 Å². The van der Waals surface area contributed by atoms with Gasteiger partial charge >= 0.3 is 0 Å². The van der Waals surface area contributed by atoms with E-state index in [1.54, 1.807) is 0 Å². The van der Waals surface area contributed by atoms with Crippen LogP contribution in [-0.2, 0) is 6.42 Å². The summed E-state index contributed by atoms with van der Waals surface area (Å²) in [6, 6.07) is 10.6. The average molecular weight is 221 g/mol. The van der Waals surface area contributed by atoms with Crippen LogP contribution in [0.5, 0.6) is 0 Å². The zero-order valence-electron chi connectivity index (χ0n) is 10.4. The van der Waals surface area contributed by atoms with Gasteiger partial charge < -0.3 is 10.0 Å². The Morgan fingerprint density at radius 1 is 1.19 bits per heavy atom. The lowest BCUT2D eigenvalue weighted by molar-refractivity contribution is 0.164. The van der Waals surface area contributed by atoms with Crippen LogP contribution in [0.2, 0.25) is 0 Å². The summed E-state index contributed by atoms with van der Waals surface area (Å²) >= 11 is 0. The third-order valence-corrected chi connectivity index (χ3v) is 2.78. The van der Waals surface area contributed by atoms with E-state index in [1.807, 2.05) is 6.92 Å². The van der Waals surface area contributed by atoms with Gasteiger partial charge in [-0.3, -0.25) is 0 Å². The fourth-order valence-corrected chi connectivity index (χ4v) is 1.72. The van der Waals surface area contributed by atoms with Crippen molar-refractivity contribution in [3.05, 3.63) is 35.9 Å². The molecule has 2 nitrogen and oxygen atoms in total. The average Bonchev–Trinajstić information content (AvgIpc) is 2.28. The molecule has 16 heavy (non-hydrogen) atoms. The zero-order chi connectivity index (χ0) is 11.8. The van der Waals surface area contributed by atoms with Gasteiger partial charge in [-0.15, -0.1) is 0 Å². The fourth-order valence-electron chi connectivity index (χ4n) is 1.72. The molecule has 0 fully saturated rings. The fraction of sp³-hybridized carbons (Fsp3) is 0.571. The van der Waals surface area contributed by atoms with Crippen LogP contribution in [0.1, 0.15) is 25.3 Å². The highest BCUT2D eigenvalue weighted by Crippen LogP contribution is 2.03. The van der Waals surface area contributed by atoms with Crippen molar-refractivity contribution < 1.29 is 5.11 Å². The van der Waals surface area contributed by atoms with E-state index < -0.39 is 0 Å². The van der Waals surface area contributed by atoms with Crippen LogP contribution in [-0.4, -0.2) is 36.2 Å². The lowest BCUT2D eigenvalue weighted by atomic mass is 10.1. The summed E-state index contributed by atoms with van der Waals surface area (Å²) in [7, 11) is 2.12. The minimum atomic E-state index is -0.184. The molecule has 0 radical (unpaired) electrons. The van der Waals surface area contributed by atoms with E-state index in [0.29, 0.717) is 0 Å². The molecule has 1 aromatic carbocycles. The maximum absolute atomic E-state index is 9.18. The van der Waals surface area contributed by atoms with Gasteiger partial charge in [-0.05, 0) is 45.3 Å². The smallest absolute Gasteiger partial charge is 0.0524 e. The van der Waals surface area contributed by atoms with E-state index in [0.717, 1.165) is 25.9 Å². The molecule has 0 aliphatic carbocycles. The summed E-state index contributed by atoms with van der Waals surface area (Å²) in [4.78, 5) is 2.29. The Bertz CT molecular complexity index is 271. The number of hydrogen-bond donors (Lipinski definition) is 1. The standard InChI is InChI=1S/C14H23NO/c1-13(16)10-12-15(2)11-6-9-14-7-4-3-5-8-14/h3-5,7-8,13,16H,6,9-12H2,1-2H3. The maximum Gasteiger partial charge on any atom is 0.0524 e. The van der Waals surface area contributed by atoms with E-state index in [-0.39, 0.29) is 6.10 Å². The lowest BCUT2D eigenvalue weighted by Gasteiger charge is -2.17. The van der Waals surface area contributed by atoms with Crippen molar-refractivity contribution in [2.75, 3.05) is 20.1 Å². The Balaban J connectivity index is 2.11. The zero-order valence-corrected chi connectivity index (χ0v) is 10.4. The van der Waals surface area contributed by atoms with Crippen molar-refractivity contribution >= 4 is 0 Å². The molecule has 0 amide bonds. The number of aliphatic hydroxyl groups is 1. The first-order valence-electron chi connectivity index (χ1n) is 6.09. The molecule has 0 aromatic heterocycles. The maximum atomic E-state index is 9.18. The molecule has 0 saturated carbocycles. The molecule has 0 aliphatic heterocycles. The summed E-state index contributed by atoms with van der Waals surface area (Å²) in [5, 5.41) is 9.18. The second-order valence-corrected chi connectivity index (χ2v) is 4.53. The summed E-state index contributed by atoms with van der Waals surface area (Å²) in [5.41, 5.74) is 1.41. The van der Waals surface area contributed by atoms with E-state index in [9.17, 15) is 5.11 Å². The first kappa shape index (κ1) is 13.2. The summed E-state index contributed by atoms with van der Waals surface area (Å²) in [6.07, 6.45) is 3.00. The minimum absolute atomic E-state index is 0.184. The number of aryl methyl sites for hydroxylation is 1. The van der Waals surface area contributed by atoms with Crippen LogP contribution >= 0.6 is 0 Å². The van der Waals surface area contributed by atoms with Crippen LogP contribution in [0.15, 0.2) is 30.3 Å². The van der Waals surface area contributed by atoms with Crippen LogP contribution in [0.25, 0.3) is 0 Å². The van der Waals surface area contributed by atoms with Gasteiger partial charge in [0, 0.05) is 6.54 Å². The van der Waals surface area contributed by atoms with Crippen LogP contribution in [0.3, 0.4) is 0 Å². The highest BCUT2D eigenvalue weighted by atomic mass is 16.3. The molecule has 2 heteroatoms. The Hall–Kier alpha value is -0.860. The molecular formula is C14H23NO. The number of benzene rings is 1. The topological polar surface area (TPSA) is 23.5 Å². The largest absolute Gasteiger partial charge is 0.393 e. The quantitative estimate of drug-likeness (QED) is 0.764. The highest BCUT2D eigenvalue weighted by Gasteiger charge is 2.01. The SMILES string of the molecule is CC(O)CCN(C)CCCc1ccccc1. The molecule has 0 aliphatic rings. The molecule has 90 valence electrons. The predicted molar refractivity (Wildman–Crippen MR) is 68.6 cm³/mol. The Labute approximate surface area is 98.9 Å². The monoisotopic (exact) mass is 221 g/mol. The molecule has 1 unspecified atom stereocenters. The first-order valence-corrected chi connectivity index (χ1v) is 6.09. The second kappa shape index (κ2) is 7.42. The Morgan fingerprint density at radius 3 is 2.50 bits per heavy atom. The third-order valence-electron chi connectivity index (χ3n) is 2.78. The van der Waals surface area contributed by atoms with Crippen molar-refractivity contribution in [3.63, 3.8) is 0 Å². The molecule has 0 heterocycles. The number of hydrogen-bond acceptors (Lipinski definition) is 2. The van der Waals surface area contributed by atoms with Gasteiger partial charge in [-0.1, -0.05) is 30.3 Å². The Kier molecular flexibility index (Phi) is 6.12. The molecule has 0 bridgehead atoms. The van der Waals surface area contributed by atoms with Crippen molar-refractivity contribution in [2.24, 2.45) is 0 Å². The van der Waals surface area contributed by atoms with E-state index in [2.05, 4.69) is 42.3 Å². The molecule has 0 spiro atoms. The van der Waals surface area contributed by atoms with Crippen LogP contribution in [0, 0.1) is 0 Å². The van der Waals surface area contributed by atoms with Crippen molar-refractivity contribution in [1.29, 1.82) is 0 Å². The van der Waals surface area contributed by atoms with Gasteiger partial charge in [0.1, 0.15) is 0 Å². The number of aliphatic hydroxyl groups excluding tert-OH is 1. The van der Waals surface area contributed by atoms with Crippen molar-refractivity contribution in [2.45, 2.75) is 32.3 Å². The molecule has 1 atom stereocenters. The first-order chi connectivity index (χ1) is 7.68. The van der Waals surface area contributed by atoms with Gasteiger partial charge in [0.2, 0.25) is 0 Å². The van der Waals surface area contributed by atoms with Crippen LogP contribution in [0.4, 0.5) is 0 Å². The summed E-state index contributed by atoms with van der Waals surface area (Å²) in [6.45, 7) is 3.92. The van der Waals surface area contributed by atoms with Crippen molar-refractivity contribution in [3.8, 4) is 0 Å². The minimum Gasteiger partial charge on any atom is -0.393 e.